The Morgan fingerprint density at radius 2 is 2.07 bits per heavy atom. The Bertz CT molecular complexity index is 944. The van der Waals surface area contributed by atoms with Gasteiger partial charge in [0.05, 0.1) is 4.90 Å². The second kappa shape index (κ2) is 8.40. The first-order valence-corrected chi connectivity index (χ1v) is 10.8. The Labute approximate surface area is 164 Å². The Morgan fingerprint density at radius 1 is 1.29 bits per heavy atom. The molecule has 0 aliphatic carbocycles. The predicted molar refractivity (Wildman–Crippen MR) is 103 cm³/mol. The molecule has 0 N–H and O–H groups in total. The van der Waals surface area contributed by atoms with Gasteiger partial charge in [0.15, 0.2) is 0 Å². The van der Waals surface area contributed by atoms with E-state index in [9.17, 15) is 17.6 Å². The van der Waals surface area contributed by atoms with Gasteiger partial charge in [-0.1, -0.05) is 6.07 Å². The lowest BCUT2D eigenvalue weighted by atomic mass is 10.1. The van der Waals surface area contributed by atoms with Crippen LogP contribution in [0.3, 0.4) is 0 Å². The smallest absolute Gasteiger partial charge is 0.272 e. The van der Waals surface area contributed by atoms with Crippen LogP contribution in [0.1, 0.15) is 36.7 Å². The first-order valence-electron chi connectivity index (χ1n) is 9.39. The summed E-state index contributed by atoms with van der Waals surface area (Å²) >= 11 is 0. The number of aromatic nitrogens is 2. The first-order chi connectivity index (χ1) is 13.3. The highest BCUT2D eigenvalue weighted by atomic mass is 32.2. The predicted octanol–water partition coefficient (Wildman–Crippen LogP) is 2.36. The Hall–Kier alpha value is -2.26. The van der Waals surface area contributed by atoms with E-state index in [0.29, 0.717) is 44.6 Å². The van der Waals surface area contributed by atoms with E-state index in [-0.39, 0.29) is 16.8 Å². The quantitative estimate of drug-likeness (QED) is 0.761. The molecular formula is C19H25FN4O3S. The molecule has 1 atom stereocenters. The highest BCUT2D eigenvalue weighted by molar-refractivity contribution is 7.89. The van der Waals surface area contributed by atoms with E-state index in [1.165, 1.54) is 29.6 Å². The molecule has 0 spiro atoms. The Kier molecular flexibility index (Phi) is 6.14. The number of hydrogen-bond acceptors (Lipinski definition) is 4. The summed E-state index contributed by atoms with van der Waals surface area (Å²) in [6, 6.07) is 6.49. The monoisotopic (exact) mass is 408 g/mol. The van der Waals surface area contributed by atoms with Gasteiger partial charge in [-0.2, -0.15) is 9.40 Å². The number of rotatable bonds is 5. The molecule has 1 aromatic heterocycles. The summed E-state index contributed by atoms with van der Waals surface area (Å²) in [5.41, 5.74) is 0.543. The van der Waals surface area contributed by atoms with E-state index < -0.39 is 15.8 Å². The van der Waals surface area contributed by atoms with Gasteiger partial charge in [-0.15, -0.1) is 0 Å². The van der Waals surface area contributed by atoms with E-state index in [1.54, 1.807) is 21.8 Å². The third-order valence-electron chi connectivity index (χ3n) is 5.21. The van der Waals surface area contributed by atoms with Crippen LogP contribution in [0.15, 0.2) is 41.4 Å². The maximum Gasteiger partial charge on any atom is 0.272 e. The van der Waals surface area contributed by atoms with Gasteiger partial charge in [0, 0.05) is 38.9 Å². The van der Waals surface area contributed by atoms with Crippen molar-refractivity contribution < 1.29 is 17.6 Å². The molecule has 1 aliphatic heterocycles. The SMILES string of the molecule is CCn1nccc1C(=O)N1CCCC(N(C)S(=O)(=O)c2cccc(F)c2)CC1. The fourth-order valence-corrected chi connectivity index (χ4v) is 5.01. The zero-order valence-corrected chi connectivity index (χ0v) is 16.9. The molecule has 1 unspecified atom stereocenters. The molecule has 2 heterocycles. The summed E-state index contributed by atoms with van der Waals surface area (Å²) in [6.45, 7) is 3.56. The lowest BCUT2D eigenvalue weighted by Crippen LogP contribution is -2.38. The van der Waals surface area contributed by atoms with Gasteiger partial charge in [-0.3, -0.25) is 9.48 Å². The van der Waals surface area contributed by atoms with E-state index in [0.717, 1.165) is 6.07 Å². The zero-order chi connectivity index (χ0) is 20.3. The number of halogens is 1. The van der Waals surface area contributed by atoms with Gasteiger partial charge in [-0.05, 0) is 50.5 Å². The lowest BCUT2D eigenvalue weighted by molar-refractivity contribution is 0.0747. The van der Waals surface area contributed by atoms with Crippen molar-refractivity contribution in [2.75, 3.05) is 20.1 Å². The van der Waals surface area contributed by atoms with Crippen LogP contribution >= 0.6 is 0 Å². The molecular weight excluding hydrogens is 383 g/mol. The molecule has 0 radical (unpaired) electrons. The topological polar surface area (TPSA) is 75.5 Å². The number of likely N-dealkylation sites (tertiary alicyclic amines) is 1. The molecule has 3 rings (SSSR count). The van der Waals surface area contributed by atoms with Crippen molar-refractivity contribution in [3.8, 4) is 0 Å². The van der Waals surface area contributed by atoms with Crippen LogP contribution in [0.4, 0.5) is 4.39 Å². The molecule has 28 heavy (non-hydrogen) atoms. The molecule has 1 aliphatic rings. The van der Waals surface area contributed by atoms with Gasteiger partial charge in [0.25, 0.3) is 5.91 Å². The number of aryl methyl sites for hydroxylation is 1. The van der Waals surface area contributed by atoms with Crippen molar-refractivity contribution in [1.82, 2.24) is 19.0 Å². The van der Waals surface area contributed by atoms with Crippen LogP contribution in [-0.2, 0) is 16.6 Å². The van der Waals surface area contributed by atoms with Crippen LogP contribution in [0, 0.1) is 5.82 Å². The van der Waals surface area contributed by atoms with E-state index in [2.05, 4.69) is 5.10 Å². The Balaban J connectivity index is 1.72. The summed E-state index contributed by atoms with van der Waals surface area (Å²) in [4.78, 5) is 14.5. The highest BCUT2D eigenvalue weighted by Crippen LogP contribution is 2.24. The highest BCUT2D eigenvalue weighted by Gasteiger charge is 2.31. The maximum absolute atomic E-state index is 13.5. The molecule has 0 bridgehead atoms. The standard InChI is InChI=1S/C19H25FN4O3S/c1-3-24-18(9-11-21-24)19(25)23-12-5-7-16(10-13-23)22(2)28(26,27)17-8-4-6-15(20)14-17/h4,6,8-9,11,14,16H,3,5,7,10,12-13H2,1-2H3. The van der Waals surface area contributed by atoms with Gasteiger partial charge in [0.1, 0.15) is 11.5 Å². The number of carbonyl (C=O) groups is 1. The molecule has 1 fully saturated rings. The number of benzene rings is 1. The van der Waals surface area contributed by atoms with Crippen LogP contribution in [0.5, 0.6) is 0 Å². The first kappa shape index (κ1) is 20.5. The lowest BCUT2D eigenvalue weighted by Gasteiger charge is -2.26. The summed E-state index contributed by atoms with van der Waals surface area (Å²) in [5, 5.41) is 4.14. The second-order valence-corrected chi connectivity index (χ2v) is 8.89. The fraction of sp³-hybridized carbons (Fsp3) is 0.474. The van der Waals surface area contributed by atoms with Crippen LogP contribution < -0.4 is 0 Å². The van der Waals surface area contributed by atoms with Crippen molar-refractivity contribution >= 4 is 15.9 Å². The largest absolute Gasteiger partial charge is 0.337 e. The summed E-state index contributed by atoms with van der Waals surface area (Å²) < 4.78 is 42.1. The van der Waals surface area contributed by atoms with Crippen molar-refractivity contribution in [2.24, 2.45) is 0 Å². The number of nitrogens with zero attached hydrogens (tertiary/aromatic N) is 4. The average Bonchev–Trinajstić information content (AvgIpc) is 3.03. The van der Waals surface area contributed by atoms with Crippen LogP contribution in [0.2, 0.25) is 0 Å². The normalized spacial score (nSPS) is 18.3. The molecule has 2 aromatic rings. The summed E-state index contributed by atoms with van der Waals surface area (Å²) in [7, 11) is -2.27. The number of carbonyl (C=O) groups excluding carboxylic acids is 1. The van der Waals surface area contributed by atoms with Crippen molar-refractivity contribution in [3.63, 3.8) is 0 Å². The zero-order valence-electron chi connectivity index (χ0n) is 16.1. The van der Waals surface area contributed by atoms with Crippen LogP contribution in [-0.4, -0.2) is 59.5 Å². The summed E-state index contributed by atoms with van der Waals surface area (Å²) in [6.07, 6.45) is 3.47. The van der Waals surface area contributed by atoms with Crippen molar-refractivity contribution in [3.05, 3.63) is 48.0 Å². The van der Waals surface area contributed by atoms with E-state index >= 15 is 0 Å². The molecule has 1 aromatic carbocycles. The minimum absolute atomic E-state index is 0.0565. The van der Waals surface area contributed by atoms with Gasteiger partial charge in [-0.25, -0.2) is 12.8 Å². The van der Waals surface area contributed by atoms with Crippen LogP contribution in [0.25, 0.3) is 0 Å². The van der Waals surface area contributed by atoms with Gasteiger partial charge < -0.3 is 4.90 Å². The molecule has 152 valence electrons. The van der Waals surface area contributed by atoms with Crippen molar-refractivity contribution in [2.45, 2.75) is 43.7 Å². The van der Waals surface area contributed by atoms with E-state index in [1.807, 2.05) is 6.92 Å². The van der Waals surface area contributed by atoms with Gasteiger partial charge in [0.2, 0.25) is 10.0 Å². The third-order valence-corrected chi connectivity index (χ3v) is 7.11. The minimum atomic E-state index is -3.79. The third kappa shape index (κ3) is 4.10. The minimum Gasteiger partial charge on any atom is -0.337 e. The Morgan fingerprint density at radius 3 is 2.79 bits per heavy atom. The summed E-state index contributed by atoms with van der Waals surface area (Å²) in [5.74, 6) is -0.671. The molecule has 1 amide bonds. The van der Waals surface area contributed by atoms with E-state index in [4.69, 9.17) is 0 Å². The maximum atomic E-state index is 13.5. The van der Waals surface area contributed by atoms with Gasteiger partial charge >= 0.3 is 0 Å². The average molecular weight is 408 g/mol. The number of sulfonamides is 1. The van der Waals surface area contributed by atoms with Crippen molar-refractivity contribution in [1.29, 1.82) is 0 Å². The fourth-order valence-electron chi connectivity index (χ4n) is 3.56. The molecule has 9 heteroatoms. The number of hydrogen-bond donors (Lipinski definition) is 0. The second-order valence-electron chi connectivity index (χ2n) is 6.89. The number of amides is 1. The molecule has 0 saturated carbocycles. The molecule has 1 saturated heterocycles. The molecule has 7 nitrogen and oxygen atoms in total.